The van der Waals surface area contributed by atoms with Crippen molar-refractivity contribution in [2.24, 2.45) is 5.73 Å². The van der Waals surface area contributed by atoms with Crippen molar-refractivity contribution in [1.29, 1.82) is 0 Å². The van der Waals surface area contributed by atoms with Crippen molar-refractivity contribution in [2.75, 3.05) is 6.54 Å². The third kappa shape index (κ3) is 2.60. The predicted octanol–water partition coefficient (Wildman–Crippen LogP) is 2.18. The molecule has 0 radical (unpaired) electrons. The van der Waals surface area contributed by atoms with E-state index in [9.17, 15) is 4.79 Å². The molecule has 0 aromatic carbocycles. The summed E-state index contributed by atoms with van der Waals surface area (Å²) in [5, 5.41) is 8.73. The van der Waals surface area contributed by atoms with Crippen molar-refractivity contribution in [3.63, 3.8) is 0 Å². The van der Waals surface area contributed by atoms with Crippen molar-refractivity contribution in [2.45, 2.75) is 26.2 Å². The van der Waals surface area contributed by atoms with E-state index in [4.69, 9.17) is 15.3 Å². The minimum absolute atomic E-state index is 0.00324. The van der Waals surface area contributed by atoms with Gasteiger partial charge < -0.3 is 15.3 Å². The third-order valence-corrected chi connectivity index (χ3v) is 3.50. The Balaban J connectivity index is 3.01. The second-order valence-electron chi connectivity index (χ2n) is 3.49. The van der Waals surface area contributed by atoms with Crippen LogP contribution in [0, 0.1) is 13.8 Å². The summed E-state index contributed by atoms with van der Waals surface area (Å²) in [6.45, 7) is 3.99. The fourth-order valence-corrected chi connectivity index (χ4v) is 1.82. The highest BCUT2D eigenvalue weighted by molar-refractivity contribution is 9.10. The number of carbonyl (C=O) groups is 1. The van der Waals surface area contributed by atoms with Crippen LogP contribution in [0.5, 0.6) is 0 Å². The van der Waals surface area contributed by atoms with Crippen molar-refractivity contribution in [1.82, 2.24) is 0 Å². The van der Waals surface area contributed by atoms with Gasteiger partial charge in [0.25, 0.3) is 0 Å². The van der Waals surface area contributed by atoms with Crippen LogP contribution in [0.1, 0.15) is 29.4 Å². The van der Waals surface area contributed by atoms with Gasteiger partial charge in [-0.1, -0.05) is 0 Å². The second-order valence-corrected chi connectivity index (χ2v) is 4.28. The Morgan fingerprint density at radius 2 is 2.20 bits per heavy atom. The first kappa shape index (κ1) is 12.3. The summed E-state index contributed by atoms with van der Waals surface area (Å²) < 4.78 is 6.40. The van der Waals surface area contributed by atoms with Crippen molar-refractivity contribution < 1.29 is 14.3 Å². The highest BCUT2D eigenvalue weighted by atomic mass is 79.9. The lowest BCUT2D eigenvalue weighted by atomic mass is 10.00. The number of carboxylic acids is 1. The Morgan fingerprint density at radius 3 is 2.53 bits per heavy atom. The summed E-state index contributed by atoms with van der Waals surface area (Å²) in [6.07, 6.45) is -0.00324. The third-order valence-electron chi connectivity index (χ3n) is 2.35. The molecule has 0 saturated carbocycles. The van der Waals surface area contributed by atoms with E-state index in [0.717, 1.165) is 15.8 Å². The maximum absolute atomic E-state index is 10.6. The van der Waals surface area contributed by atoms with Crippen molar-refractivity contribution in [3.05, 3.63) is 21.6 Å². The van der Waals surface area contributed by atoms with E-state index in [1.807, 2.05) is 13.8 Å². The summed E-state index contributed by atoms with van der Waals surface area (Å²) in [6, 6.07) is 0. The zero-order valence-corrected chi connectivity index (χ0v) is 10.3. The van der Waals surface area contributed by atoms with Gasteiger partial charge in [-0.2, -0.15) is 0 Å². The number of halogens is 1. The van der Waals surface area contributed by atoms with Gasteiger partial charge in [0.15, 0.2) is 0 Å². The van der Waals surface area contributed by atoms with Gasteiger partial charge in [0, 0.05) is 18.0 Å². The average molecular weight is 276 g/mol. The summed E-state index contributed by atoms with van der Waals surface area (Å²) in [5.74, 6) is 0.304. The number of carboxylic acid groups (broad SMARTS) is 1. The van der Waals surface area contributed by atoms with Crippen LogP contribution in [-0.2, 0) is 4.79 Å². The Labute approximate surface area is 96.6 Å². The Bertz CT molecular complexity index is 373. The number of rotatable bonds is 4. The molecule has 0 spiro atoms. The molecule has 1 atom stereocenters. The maximum Gasteiger partial charge on any atom is 0.304 e. The van der Waals surface area contributed by atoms with Crippen LogP contribution < -0.4 is 5.73 Å². The van der Waals surface area contributed by atoms with Gasteiger partial charge in [0.2, 0.25) is 0 Å². The first-order chi connectivity index (χ1) is 6.97. The number of hydrogen-bond acceptors (Lipinski definition) is 3. The van der Waals surface area contributed by atoms with E-state index >= 15 is 0 Å². The van der Waals surface area contributed by atoms with Crippen LogP contribution in [0.15, 0.2) is 8.89 Å². The lowest BCUT2D eigenvalue weighted by Crippen LogP contribution is -2.16. The van der Waals surface area contributed by atoms with Crippen molar-refractivity contribution >= 4 is 21.9 Å². The molecule has 5 heteroatoms. The first-order valence-corrected chi connectivity index (χ1v) is 5.43. The summed E-state index contributed by atoms with van der Waals surface area (Å²) in [5.41, 5.74) is 6.48. The highest BCUT2D eigenvalue weighted by Gasteiger charge is 2.22. The van der Waals surface area contributed by atoms with Crippen LogP contribution in [-0.4, -0.2) is 17.6 Å². The molecule has 0 aliphatic carbocycles. The fraction of sp³-hybridized carbons (Fsp3) is 0.500. The zero-order chi connectivity index (χ0) is 11.6. The van der Waals surface area contributed by atoms with Gasteiger partial charge in [0.05, 0.1) is 10.9 Å². The minimum Gasteiger partial charge on any atom is -0.481 e. The van der Waals surface area contributed by atoms with E-state index in [1.165, 1.54) is 0 Å². The van der Waals surface area contributed by atoms with Crippen LogP contribution in [0.4, 0.5) is 0 Å². The SMILES string of the molecule is Cc1oc(C(CN)CC(=O)O)c(C)c1Br. The topological polar surface area (TPSA) is 76.5 Å². The summed E-state index contributed by atoms with van der Waals surface area (Å²) >= 11 is 3.38. The maximum atomic E-state index is 10.6. The summed E-state index contributed by atoms with van der Waals surface area (Å²) in [7, 11) is 0. The van der Waals surface area contributed by atoms with E-state index in [1.54, 1.807) is 0 Å². The molecule has 84 valence electrons. The molecule has 1 unspecified atom stereocenters. The molecular weight excluding hydrogens is 262 g/mol. The largest absolute Gasteiger partial charge is 0.481 e. The van der Waals surface area contributed by atoms with Gasteiger partial charge in [0.1, 0.15) is 11.5 Å². The smallest absolute Gasteiger partial charge is 0.304 e. The number of hydrogen-bond donors (Lipinski definition) is 2. The number of nitrogens with two attached hydrogens (primary N) is 1. The minimum atomic E-state index is -0.866. The molecule has 0 amide bonds. The predicted molar refractivity (Wildman–Crippen MR) is 59.9 cm³/mol. The van der Waals surface area contributed by atoms with Crippen LogP contribution in [0.2, 0.25) is 0 Å². The van der Waals surface area contributed by atoms with Gasteiger partial charge in [-0.3, -0.25) is 4.79 Å². The molecule has 0 saturated heterocycles. The molecule has 1 heterocycles. The average Bonchev–Trinajstić information content (AvgIpc) is 2.42. The van der Waals surface area contributed by atoms with Crippen LogP contribution >= 0.6 is 15.9 Å². The molecule has 0 bridgehead atoms. The van der Waals surface area contributed by atoms with E-state index < -0.39 is 5.97 Å². The van der Waals surface area contributed by atoms with E-state index in [2.05, 4.69) is 15.9 Å². The summed E-state index contributed by atoms with van der Waals surface area (Å²) in [4.78, 5) is 10.6. The quantitative estimate of drug-likeness (QED) is 0.883. The second kappa shape index (κ2) is 4.81. The molecule has 1 aromatic heterocycles. The molecule has 1 rings (SSSR count). The Kier molecular flexibility index (Phi) is 3.93. The van der Waals surface area contributed by atoms with Gasteiger partial charge in [-0.25, -0.2) is 0 Å². The standard InChI is InChI=1S/C10H14BrNO3/c1-5-9(11)6(2)15-10(5)7(4-12)3-8(13)14/h7H,3-4,12H2,1-2H3,(H,13,14). The molecular formula is C10H14BrNO3. The van der Waals surface area contributed by atoms with Crippen LogP contribution in [0.3, 0.4) is 0 Å². The lowest BCUT2D eigenvalue weighted by molar-refractivity contribution is -0.137. The molecule has 4 nitrogen and oxygen atoms in total. The number of furan rings is 1. The van der Waals surface area contributed by atoms with Gasteiger partial charge in [-0.15, -0.1) is 0 Å². The van der Waals surface area contributed by atoms with E-state index in [0.29, 0.717) is 5.76 Å². The van der Waals surface area contributed by atoms with Gasteiger partial charge >= 0.3 is 5.97 Å². The fourth-order valence-electron chi connectivity index (χ4n) is 1.54. The number of aliphatic carboxylic acids is 1. The Hall–Kier alpha value is -0.810. The highest BCUT2D eigenvalue weighted by Crippen LogP contribution is 2.32. The molecule has 0 aliphatic rings. The normalized spacial score (nSPS) is 12.8. The number of aryl methyl sites for hydroxylation is 1. The first-order valence-electron chi connectivity index (χ1n) is 4.64. The van der Waals surface area contributed by atoms with Crippen LogP contribution in [0.25, 0.3) is 0 Å². The lowest BCUT2D eigenvalue weighted by Gasteiger charge is -2.10. The molecule has 0 aliphatic heterocycles. The van der Waals surface area contributed by atoms with Crippen molar-refractivity contribution in [3.8, 4) is 0 Å². The van der Waals surface area contributed by atoms with Gasteiger partial charge in [-0.05, 0) is 29.8 Å². The monoisotopic (exact) mass is 275 g/mol. The molecule has 15 heavy (non-hydrogen) atoms. The van der Waals surface area contributed by atoms with E-state index in [-0.39, 0.29) is 18.9 Å². The zero-order valence-electron chi connectivity index (χ0n) is 8.71. The molecule has 3 N–H and O–H groups in total. The Morgan fingerprint density at radius 1 is 1.60 bits per heavy atom. The molecule has 0 fully saturated rings. The molecule has 1 aromatic rings.